The number of rotatable bonds is 9. The van der Waals surface area contributed by atoms with Gasteiger partial charge in [-0.25, -0.2) is 4.98 Å². The van der Waals surface area contributed by atoms with Gasteiger partial charge in [0.25, 0.3) is 5.89 Å². The van der Waals surface area contributed by atoms with Crippen molar-refractivity contribution in [1.29, 1.82) is 0 Å². The van der Waals surface area contributed by atoms with Gasteiger partial charge < -0.3 is 9.15 Å². The molecule has 0 N–H and O–H groups in total. The van der Waals surface area contributed by atoms with Gasteiger partial charge in [0.1, 0.15) is 12.0 Å². The molecule has 146 valence electrons. The molecule has 0 spiro atoms. The monoisotopic (exact) mass is 370 g/mol. The molecular weight excluding hydrogens is 340 g/mol. The first-order chi connectivity index (χ1) is 13.1. The van der Waals surface area contributed by atoms with E-state index in [0.29, 0.717) is 12.3 Å². The number of hydrogen-bond acceptors (Lipinski definition) is 5. The van der Waals surface area contributed by atoms with Gasteiger partial charge >= 0.3 is 0 Å². The molecule has 1 aromatic carbocycles. The minimum Gasteiger partial charge on any atom is -0.491 e. The largest absolute Gasteiger partial charge is 0.491 e. The Morgan fingerprint density at radius 3 is 2.85 bits per heavy atom. The summed E-state index contributed by atoms with van der Waals surface area (Å²) in [5, 5.41) is 0. The number of ether oxygens (including phenoxy) is 1. The molecule has 1 saturated heterocycles. The van der Waals surface area contributed by atoms with E-state index in [9.17, 15) is 4.79 Å². The van der Waals surface area contributed by atoms with Crippen molar-refractivity contribution in [3.63, 3.8) is 0 Å². The van der Waals surface area contributed by atoms with E-state index in [-0.39, 0.29) is 17.8 Å². The Hall–Kier alpha value is -2.14. The van der Waals surface area contributed by atoms with E-state index in [0.717, 1.165) is 38.2 Å². The van der Waals surface area contributed by atoms with Gasteiger partial charge in [0.05, 0.1) is 12.3 Å². The lowest BCUT2D eigenvalue weighted by Gasteiger charge is -2.32. The van der Waals surface area contributed by atoms with Gasteiger partial charge in [0, 0.05) is 13.0 Å². The number of ketones is 1. The summed E-state index contributed by atoms with van der Waals surface area (Å²) in [7, 11) is 0. The van der Waals surface area contributed by atoms with E-state index < -0.39 is 0 Å². The second-order valence-corrected chi connectivity index (χ2v) is 7.69. The first-order valence-electron chi connectivity index (χ1n) is 10.0. The Balaban J connectivity index is 1.37. The van der Waals surface area contributed by atoms with Crippen LogP contribution in [0.25, 0.3) is 0 Å². The molecule has 5 nitrogen and oxygen atoms in total. The third-order valence-electron chi connectivity index (χ3n) is 5.07. The summed E-state index contributed by atoms with van der Waals surface area (Å²) >= 11 is 0. The molecule has 0 bridgehead atoms. The molecule has 3 rings (SSSR count). The molecule has 0 aliphatic carbocycles. The lowest BCUT2D eigenvalue weighted by molar-refractivity contribution is 0.0940. The number of carbonyl (C=O) groups excluding carboxylic acids is 1. The summed E-state index contributed by atoms with van der Waals surface area (Å²) < 4.78 is 10.9. The van der Waals surface area contributed by atoms with Crippen LogP contribution in [0, 0.1) is 5.92 Å². The maximum atomic E-state index is 11.9. The summed E-state index contributed by atoms with van der Waals surface area (Å²) in [5.74, 6) is 1.93. The third kappa shape index (κ3) is 6.21. The number of likely N-dealkylation sites (tertiary alicyclic amines) is 1. The summed E-state index contributed by atoms with van der Waals surface area (Å²) in [6, 6.07) is 8.42. The molecule has 0 unspecified atom stereocenters. The zero-order valence-corrected chi connectivity index (χ0v) is 16.4. The minimum absolute atomic E-state index is 0.0148. The molecule has 0 amide bonds. The highest BCUT2D eigenvalue weighted by atomic mass is 16.5. The molecule has 1 aromatic heterocycles. The Kier molecular flexibility index (Phi) is 7.04. The van der Waals surface area contributed by atoms with Gasteiger partial charge in [-0.05, 0) is 76.2 Å². The molecule has 5 heteroatoms. The Morgan fingerprint density at radius 1 is 1.33 bits per heavy atom. The zero-order valence-electron chi connectivity index (χ0n) is 16.4. The van der Waals surface area contributed by atoms with Crippen LogP contribution in [0.3, 0.4) is 0 Å². The van der Waals surface area contributed by atoms with Crippen LogP contribution in [-0.2, 0) is 6.54 Å². The summed E-state index contributed by atoms with van der Waals surface area (Å²) in [5.41, 5.74) is 1.31. The molecule has 2 aromatic rings. The van der Waals surface area contributed by atoms with Crippen LogP contribution in [-0.4, -0.2) is 34.9 Å². The number of Topliss-reactive ketones (excluding diaryl/α,β-unsaturated/α-hetero) is 1. The highest BCUT2D eigenvalue weighted by molar-refractivity contribution is 5.91. The van der Waals surface area contributed by atoms with Gasteiger partial charge in [-0.2, -0.15) is 0 Å². The molecule has 0 saturated carbocycles. The highest BCUT2D eigenvalue weighted by Gasteiger charge is 2.20. The SMILES string of the molecule is CC(C)Oc1cccc(CN2CCC(CCCC(=O)c3ncco3)CC2)c1. The minimum atomic E-state index is 0.0148. The molecular formula is C22H30N2O3. The van der Waals surface area contributed by atoms with E-state index in [1.165, 1.54) is 30.9 Å². The maximum absolute atomic E-state index is 11.9. The molecule has 1 aliphatic heterocycles. The smallest absolute Gasteiger partial charge is 0.263 e. The predicted octanol–water partition coefficient (Wildman–Crippen LogP) is 4.73. The maximum Gasteiger partial charge on any atom is 0.263 e. The number of oxazole rings is 1. The van der Waals surface area contributed by atoms with Gasteiger partial charge in [0.2, 0.25) is 5.78 Å². The fourth-order valence-electron chi connectivity index (χ4n) is 3.70. The lowest BCUT2D eigenvalue weighted by atomic mass is 9.91. The first kappa shape index (κ1) is 19.6. The van der Waals surface area contributed by atoms with E-state index in [1.807, 2.05) is 6.07 Å². The van der Waals surface area contributed by atoms with Crippen molar-refractivity contribution in [1.82, 2.24) is 9.88 Å². The van der Waals surface area contributed by atoms with Crippen LogP contribution >= 0.6 is 0 Å². The summed E-state index contributed by atoms with van der Waals surface area (Å²) in [4.78, 5) is 18.4. The van der Waals surface area contributed by atoms with Crippen LogP contribution < -0.4 is 4.74 Å². The predicted molar refractivity (Wildman–Crippen MR) is 105 cm³/mol. The normalized spacial score (nSPS) is 16.0. The molecule has 27 heavy (non-hydrogen) atoms. The van der Waals surface area contributed by atoms with Gasteiger partial charge in [-0.15, -0.1) is 0 Å². The quantitative estimate of drug-likeness (QED) is 0.598. The molecule has 2 heterocycles. The van der Waals surface area contributed by atoms with Crippen LogP contribution in [0.5, 0.6) is 5.75 Å². The van der Waals surface area contributed by atoms with Crippen LogP contribution in [0.1, 0.15) is 62.2 Å². The molecule has 0 atom stereocenters. The average molecular weight is 370 g/mol. The molecule has 0 radical (unpaired) electrons. The fourth-order valence-corrected chi connectivity index (χ4v) is 3.70. The number of piperidine rings is 1. The number of nitrogens with zero attached hydrogens (tertiary/aromatic N) is 2. The van der Waals surface area contributed by atoms with Crippen molar-refractivity contribution < 1.29 is 13.9 Å². The van der Waals surface area contributed by atoms with Crippen molar-refractivity contribution >= 4 is 5.78 Å². The van der Waals surface area contributed by atoms with E-state index in [1.54, 1.807) is 0 Å². The number of benzene rings is 1. The van der Waals surface area contributed by atoms with Crippen LogP contribution in [0.4, 0.5) is 0 Å². The van der Waals surface area contributed by atoms with Crippen LogP contribution in [0.2, 0.25) is 0 Å². The molecule has 1 aliphatic rings. The van der Waals surface area contributed by atoms with E-state index in [4.69, 9.17) is 9.15 Å². The number of carbonyl (C=O) groups is 1. The Labute approximate surface area is 161 Å². The summed E-state index contributed by atoms with van der Waals surface area (Å²) in [6.45, 7) is 7.32. The Morgan fingerprint density at radius 2 is 2.15 bits per heavy atom. The van der Waals surface area contributed by atoms with Crippen molar-refractivity contribution in [2.45, 2.75) is 58.6 Å². The topological polar surface area (TPSA) is 55.6 Å². The zero-order chi connectivity index (χ0) is 19.1. The van der Waals surface area contributed by atoms with Crippen molar-refractivity contribution in [2.75, 3.05) is 13.1 Å². The highest BCUT2D eigenvalue weighted by Crippen LogP contribution is 2.25. The second-order valence-electron chi connectivity index (χ2n) is 7.69. The van der Waals surface area contributed by atoms with Gasteiger partial charge in [-0.1, -0.05) is 12.1 Å². The second kappa shape index (κ2) is 9.70. The van der Waals surface area contributed by atoms with Gasteiger partial charge in [0.15, 0.2) is 0 Å². The first-order valence-corrected chi connectivity index (χ1v) is 10.0. The standard InChI is InChI=1S/C22H30N2O3/c1-17(2)27-20-7-3-6-19(15-20)16-24-12-9-18(10-13-24)5-4-8-21(25)22-23-11-14-26-22/h3,6-7,11,14-15,17-18H,4-5,8-10,12-13,16H2,1-2H3. The average Bonchev–Trinajstić information content (AvgIpc) is 3.18. The lowest BCUT2D eigenvalue weighted by Crippen LogP contribution is -2.33. The number of aromatic nitrogens is 1. The third-order valence-corrected chi connectivity index (χ3v) is 5.07. The van der Waals surface area contributed by atoms with Crippen molar-refractivity contribution in [3.05, 3.63) is 48.2 Å². The van der Waals surface area contributed by atoms with E-state index >= 15 is 0 Å². The fraction of sp³-hybridized carbons (Fsp3) is 0.545. The number of hydrogen-bond donors (Lipinski definition) is 0. The van der Waals surface area contributed by atoms with Crippen LogP contribution in [0.15, 0.2) is 41.1 Å². The van der Waals surface area contributed by atoms with E-state index in [2.05, 4.69) is 41.9 Å². The summed E-state index contributed by atoms with van der Waals surface area (Å²) in [6.07, 6.45) is 8.14. The van der Waals surface area contributed by atoms with Crippen molar-refractivity contribution in [3.8, 4) is 5.75 Å². The Bertz CT molecular complexity index is 704. The van der Waals surface area contributed by atoms with Crippen molar-refractivity contribution in [2.24, 2.45) is 5.92 Å². The van der Waals surface area contributed by atoms with Gasteiger partial charge in [-0.3, -0.25) is 9.69 Å². The molecule has 1 fully saturated rings.